The molecule has 0 saturated heterocycles. The van der Waals surface area contributed by atoms with E-state index in [-0.39, 0.29) is 12.5 Å². The van der Waals surface area contributed by atoms with Gasteiger partial charge >= 0.3 is 0 Å². The van der Waals surface area contributed by atoms with Crippen molar-refractivity contribution < 1.29 is 9.84 Å². The van der Waals surface area contributed by atoms with Crippen LogP contribution >= 0.6 is 31.9 Å². The largest absolute Gasteiger partial charge is 0.491 e. The van der Waals surface area contributed by atoms with Gasteiger partial charge in [-0.2, -0.15) is 0 Å². The standard InChI is InChI=1S/C14H21Br2NO2/c1-3-4-17-7-11-5-12(15)14(13(16)6-11)19-9-10(2)8-18/h5-6,10,17-18H,3-4,7-9H2,1-2H3. The van der Waals surface area contributed by atoms with Gasteiger partial charge in [0.25, 0.3) is 0 Å². The molecule has 0 aliphatic carbocycles. The van der Waals surface area contributed by atoms with Crippen LogP contribution < -0.4 is 10.1 Å². The number of aliphatic hydroxyl groups excluding tert-OH is 1. The van der Waals surface area contributed by atoms with Crippen LogP contribution in [0.5, 0.6) is 5.75 Å². The van der Waals surface area contributed by atoms with E-state index in [4.69, 9.17) is 9.84 Å². The van der Waals surface area contributed by atoms with Crippen LogP contribution in [0.25, 0.3) is 0 Å². The van der Waals surface area contributed by atoms with Crippen molar-refractivity contribution in [2.24, 2.45) is 5.92 Å². The van der Waals surface area contributed by atoms with Gasteiger partial charge in [0.1, 0.15) is 5.75 Å². The topological polar surface area (TPSA) is 41.5 Å². The third kappa shape index (κ3) is 5.81. The van der Waals surface area contributed by atoms with Crippen molar-refractivity contribution in [3.05, 3.63) is 26.6 Å². The Balaban J connectivity index is 2.68. The molecule has 1 aromatic carbocycles. The monoisotopic (exact) mass is 393 g/mol. The molecule has 0 radical (unpaired) electrons. The van der Waals surface area contributed by atoms with Gasteiger partial charge in [-0.25, -0.2) is 0 Å². The molecule has 0 spiro atoms. The van der Waals surface area contributed by atoms with E-state index in [1.807, 2.05) is 6.92 Å². The summed E-state index contributed by atoms with van der Waals surface area (Å²) in [5.41, 5.74) is 1.20. The number of ether oxygens (including phenoxy) is 1. The van der Waals surface area contributed by atoms with E-state index in [9.17, 15) is 0 Å². The van der Waals surface area contributed by atoms with Gasteiger partial charge in [0.05, 0.1) is 15.6 Å². The molecule has 2 N–H and O–H groups in total. The Morgan fingerprint density at radius 3 is 2.47 bits per heavy atom. The first-order valence-corrected chi connectivity index (χ1v) is 8.09. The molecule has 108 valence electrons. The Hall–Kier alpha value is -0.100. The quantitative estimate of drug-likeness (QED) is 0.660. The maximum Gasteiger partial charge on any atom is 0.147 e. The number of nitrogens with one attached hydrogen (secondary N) is 1. The van der Waals surface area contributed by atoms with Gasteiger partial charge in [-0.05, 0) is 62.5 Å². The first-order chi connectivity index (χ1) is 9.08. The Labute approximate surface area is 132 Å². The van der Waals surface area contributed by atoms with E-state index >= 15 is 0 Å². The first-order valence-electron chi connectivity index (χ1n) is 6.50. The molecule has 0 heterocycles. The van der Waals surface area contributed by atoms with Crippen LogP contribution in [0.15, 0.2) is 21.1 Å². The maximum atomic E-state index is 9.00. The van der Waals surface area contributed by atoms with Crippen LogP contribution in [0.2, 0.25) is 0 Å². The number of aliphatic hydroxyl groups is 1. The molecule has 1 unspecified atom stereocenters. The number of hydrogen-bond donors (Lipinski definition) is 2. The molecule has 0 amide bonds. The molecule has 3 nitrogen and oxygen atoms in total. The predicted molar refractivity (Wildman–Crippen MR) is 85.6 cm³/mol. The summed E-state index contributed by atoms with van der Waals surface area (Å²) in [7, 11) is 0. The molecular formula is C14H21Br2NO2. The molecule has 1 aromatic rings. The van der Waals surface area contributed by atoms with Crippen LogP contribution in [-0.2, 0) is 6.54 Å². The Bertz CT molecular complexity index is 376. The number of hydrogen-bond acceptors (Lipinski definition) is 3. The second-order valence-corrected chi connectivity index (χ2v) is 6.37. The third-order valence-corrected chi connectivity index (χ3v) is 3.82. The Morgan fingerprint density at radius 1 is 1.32 bits per heavy atom. The second kappa shape index (κ2) is 8.95. The minimum absolute atomic E-state index is 0.129. The Morgan fingerprint density at radius 2 is 1.95 bits per heavy atom. The molecule has 5 heteroatoms. The first kappa shape index (κ1) is 17.0. The molecule has 0 fully saturated rings. The molecule has 0 saturated carbocycles. The fourth-order valence-corrected chi connectivity index (χ4v) is 3.05. The van der Waals surface area contributed by atoms with Gasteiger partial charge < -0.3 is 15.2 Å². The van der Waals surface area contributed by atoms with E-state index in [2.05, 4.69) is 56.2 Å². The van der Waals surface area contributed by atoms with Crippen molar-refractivity contribution in [1.82, 2.24) is 5.32 Å². The highest BCUT2D eigenvalue weighted by Gasteiger charge is 2.10. The SMILES string of the molecule is CCCNCc1cc(Br)c(OCC(C)CO)c(Br)c1. The van der Waals surface area contributed by atoms with Crippen molar-refractivity contribution in [3.8, 4) is 5.75 Å². The fraction of sp³-hybridized carbons (Fsp3) is 0.571. The summed E-state index contributed by atoms with van der Waals surface area (Å²) in [5, 5.41) is 12.4. The highest BCUT2D eigenvalue weighted by atomic mass is 79.9. The lowest BCUT2D eigenvalue weighted by Gasteiger charge is -2.15. The molecule has 1 atom stereocenters. The van der Waals surface area contributed by atoms with Gasteiger partial charge in [0, 0.05) is 19.1 Å². The minimum atomic E-state index is 0.129. The highest BCUT2D eigenvalue weighted by Crippen LogP contribution is 2.35. The van der Waals surface area contributed by atoms with Gasteiger partial charge in [0.15, 0.2) is 0 Å². The number of benzene rings is 1. The summed E-state index contributed by atoms with van der Waals surface area (Å²) in [5.74, 6) is 0.921. The van der Waals surface area contributed by atoms with Crippen molar-refractivity contribution in [3.63, 3.8) is 0 Å². The van der Waals surface area contributed by atoms with E-state index in [0.717, 1.165) is 34.2 Å². The average Bonchev–Trinajstić information content (AvgIpc) is 2.37. The zero-order chi connectivity index (χ0) is 14.3. The van der Waals surface area contributed by atoms with Crippen molar-refractivity contribution in [1.29, 1.82) is 0 Å². The molecule has 0 aromatic heterocycles. The van der Waals surface area contributed by atoms with Crippen molar-refractivity contribution in [2.45, 2.75) is 26.8 Å². The van der Waals surface area contributed by atoms with Gasteiger partial charge in [-0.15, -0.1) is 0 Å². The molecule has 0 aliphatic rings. The molecule has 19 heavy (non-hydrogen) atoms. The summed E-state index contributed by atoms with van der Waals surface area (Å²) in [6, 6.07) is 4.12. The summed E-state index contributed by atoms with van der Waals surface area (Å²) in [4.78, 5) is 0. The van der Waals surface area contributed by atoms with Crippen LogP contribution in [0.1, 0.15) is 25.8 Å². The van der Waals surface area contributed by atoms with Crippen molar-refractivity contribution >= 4 is 31.9 Å². The predicted octanol–water partition coefficient (Wildman–Crippen LogP) is 3.72. The molecule has 0 aliphatic heterocycles. The highest BCUT2D eigenvalue weighted by molar-refractivity contribution is 9.11. The third-order valence-electron chi connectivity index (χ3n) is 2.64. The van der Waals surface area contributed by atoms with E-state index < -0.39 is 0 Å². The molecule has 1 rings (SSSR count). The van der Waals surface area contributed by atoms with E-state index in [1.54, 1.807) is 0 Å². The van der Waals surface area contributed by atoms with Crippen LogP contribution in [0, 0.1) is 5.92 Å². The normalized spacial score (nSPS) is 12.5. The van der Waals surface area contributed by atoms with E-state index in [1.165, 1.54) is 5.56 Å². The van der Waals surface area contributed by atoms with Crippen LogP contribution in [0.3, 0.4) is 0 Å². The number of rotatable bonds is 8. The summed E-state index contributed by atoms with van der Waals surface area (Å²) >= 11 is 7.07. The lowest BCUT2D eigenvalue weighted by molar-refractivity contribution is 0.173. The molecular weight excluding hydrogens is 374 g/mol. The fourth-order valence-electron chi connectivity index (χ4n) is 1.54. The summed E-state index contributed by atoms with van der Waals surface area (Å²) < 4.78 is 7.59. The Kier molecular flexibility index (Phi) is 7.99. The van der Waals surface area contributed by atoms with E-state index in [0.29, 0.717) is 6.61 Å². The lowest BCUT2D eigenvalue weighted by atomic mass is 10.2. The molecule has 0 bridgehead atoms. The van der Waals surface area contributed by atoms with Gasteiger partial charge in [0.2, 0.25) is 0 Å². The zero-order valence-electron chi connectivity index (χ0n) is 11.4. The second-order valence-electron chi connectivity index (χ2n) is 4.66. The van der Waals surface area contributed by atoms with Crippen molar-refractivity contribution in [2.75, 3.05) is 19.8 Å². The lowest BCUT2D eigenvalue weighted by Crippen LogP contribution is -2.14. The average molecular weight is 395 g/mol. The van der Waals surface area contributed by atoms with Gasteiger partial charge in [-0.1, -0.05) is 13.8 Å². The summed E-state index contributed by atoms with van der Waals surface area (Å²) in [6.45, 7) is 6.60. The van der Waals surface area contributed by atoms with Crippen LogP contribution in [-0.4, -0.2) is 24.9 Å². The zero-order valence-corrected chi connectivity index (χ0v) is 14.6. The number of halogens is 2. The minimum Gasteiger partial charge on any atom is -0.491 e. The van der Waals surface area contributed by atoms with Gasteiger partial charge in [-0.3, -0.25) is 0 Å². The summed E-state index contributed by atoms with van der Waals surface area (Å²) in [6.07, 6.45) is 1.13. The van der Waals surface area contributed by atoms with Crippen LogP contribution in [0.4, 0.5) is 0 Å². The smallest absolute Gasteiger partial charge is 0.147 e. The maximum absolute atomic E-state index is 9.00.